The molecule has 1 aromatic carbocycles. The van der Waals surface area contributed by atoms with E-state index in [2.05, 4.69) is 6.07 Å². The van der Waals surface area contributed by atoms with Gasteiger partial charge in [-0.3, -0.25) is 0 Å². The van der Waals surface area contributed by atoms with E-state index >= 15 is 0 Å². The Bertz CT molecular complexity index is 449. The maximum absolute atomic E-state index is 9.17. The van der Waals surface area contributed by atoms with E-state index < -0.39 is 5.41 Å². The van der Waals surface area contributed by atoms with Gasteiger partial charge in [0.05, 0.1) is 25.2 Å². The molecule has 0 aromatic heterocycles. The van der Waals surface area contributed by atoms with Gasteiger partial charge in [-0.1, -0.05) is 6.07 Å². The number of rotatable bonds is 7. The highest BCUT2D eigenvalue weighted by Gasteiger charge is 2.21. The van der Waals surface area contributed by atoms with E-state index in [1.165, 1.54) is 0 Å². The van der Waals surface area contributed by atoms with Crippen molar-refractivity contribution < 1.29 is 14.2 Å². The normalized spacial score (nSPS) is 10.9. The maximum Gasteiger partial charge on any atom is 0.161 e. The van der Waals surface area contributed by atoms with Crippen molar-refractivity contribution in [1.29, 1.82) is 5.26 Å². The number of hydrogen-bond donors (Lipinski definition) is 0. The summed E-state index contributed by atoms with van der Waals surface area (Å²) in [5.41, 5.74) is 0.370. The molecular formula is C15H21NO3. The van der Waals surface area contributed by atoms with Crippen LogP contribution in [0.25, 0.3) is 0 Å². The number of nitriles is 1. The van der Waals surface area contributed by atoms with Gasteiger partial charge < -0.3 is 14.2 Å². The minimum atomic E-state index is -0.545. The lowest BCUT2D eigenvalue weighted by Crippen LogP contribution is -2.14. The summed E-state index contributed by atoms with van der Waals surface area (Å²) in [4.78, 5) is 0. The van der Waals surface area contributed by atoms with E-state index in [-0.39, 0.29) is 0 Å². The van der Waals surface area contributed by atoms with E-state index in [9.17, 15) is 5.26 Å². The monoisotopic (exact) mass is 263 g/mol. The van der Waals surface area contributed by atoms with Crippen LogP contribution in [0.5, 0.6) is 11.5 Å². The zero-order valence-corrected chi connectivity index (χ0v) is 12.0. The number of nitrogens with zero attached hydrogens (tertiary/aromatic N) is 1. The molecule has 0 N–H and O–H groups in total. The minimum absolute atomic E-state index is 0.545. The SMILES string of the molecule is COCCCOc1cc(C(C)(C)C#N)ccc1OC. The number of hydrogen-bond acceptors (Lipinski definition) is 4. The molecule has 1 aromatic rings. The molecule has 0 aliphatic heterocycles. The van der Waals surface area contributed by atoms with Crippen LogP contribution in [0.4, 0.5) is 0 Å². The van der Waals surface area contributed by atoms with Crippen LogP contribution in [0.3, 0.4) is 0 Å². The fraction of sp³-hybridized carbons (Fsp3) is 0.533. The average molecular weight is 263 g/mol. The van der Waals surface area contributed by atoms with E-state index in [4.69, 9.17) is 14.2 Å². The molecule has 0 fully saturated rings. The van der Waals surface area contributed by atoms with Crippen LogP contribution in [-0.4, -0.2) is 27.4 Å². The lowest BCUT2D eigenvalue weighted by molar-refractivity contribution is 0.170. The molecule has 0 aliphatic rings. The molecule has 0 unspecified atom stereocenters. The largest absolute Gasteiger partial charge is 0.493 e. The van der Waals surface area contributed by atoms with Crippen molar-refractivity contribution in [2.45, 2.75) is 25.7 Å². The van der Waals surface area contributed by atoms with Gasteiger partial charge in [0.1, 0.15) is 0 Å². The van der Waals surface area contributed by atoms with Gasteiger partial charge in [0.2, 0.25) is 0 Å². The van der Waals surface area contributed by atoms with Gasteiger partial charge in [-0.05, 0) is 31.5 Å². The van der Waals surface area contributed by atoms with Crippen LogP contribution < -0.4 is 9.47 Å². The average Bonchev–Trinajstić information content (AvgIpc) is 2.43. The molecule has 0 saturated carbocycles. The smallest absolute Gasteiger partial charge is 0.161 e. The highest BCUT2D eigenvalue weighted by molar-refractivity contribution is 5.46. The molecule has 0 atom stereocenters. The third-order valence-corrected chi connectivity index (χ3v) is 2.92. The topological polar surface area (TPSA) is 51.5 Å². The van der Waals surface area contributed by atoms with Crippen molar-refractivity contribution in [3.8, 4) is 17.6 Å². The van der Waals surface area contributed by atoms with Crippen molar-refractivity contribution >= 4 is 0 Å². The molecule has 4 heteroatoms. The van der Waals surface area contributed by atoms with E-state index in [1.54, 1.807) is 14.2 Å². The van der Waals surface area contributed by atoms with Crippen LogP contribution in [0.2, 0.25) is 0 Å². The molecule has 104 valence electrons. The third-order valence-electron chi connectivity index (χ3n) is 2.92. The molecule has 0 bridgehead atoms. The fourth-order valence-electron chi connectivity index (χ4n) is 1.63. The first kappa shape index (κ1) is 15.3. The van der Waals surface area contributed by atoms with Crippen molar-refractivity contribution in [2.24, 2.45) is 0 Å². The van der Waals surface area contributed by atoms with Crippen LogP contribution in [0.1, 0.15) is 25.8 Å². The quantitative estimate of drug-likeness (QED) is 0.710. The summed E-state index contributed by atoms with van der Waals surface area (Å²) < 4.78 is 15.9. The van der Waals surface area contributed by atoms with Gasteiger partial charge in [-0.2, -0.15) is 5.26 Å². The van der Waals surface area contributed by atoms with Gasteiger partial charge in [-0.25, -0.2) is 0 Å². The Labute approximate surface area is 114 Å². The van der Waals surface area contributed by atoms with Gasteiger partial charge in [0.25, 0.3) is 0 Å². The molecule has 1 rings (SSSR count). The zero-order chi connectivity index (χ0) is 14.3. The molecule has 0 amide bonds. The summed E-state index contributed by atoms with van der Waals surface area (Å²) in [5.74, 6) is 1.34. The Morgan fingerprint density at radius 2 is 1.89 bits per heavy atom. The predicted octanol–water partition coefficient (Wildman–Crippen LogP) is 2.91. The summed E-state index contributed by atoms with van der Waals surface area (Å²) in [6.45, 7) is 4.97. The highest BCUT2D eigenvalue weighted by Crippen LogP contribution is 2.33. The van der Waals surface area contributed by atoms with E-state index in [0.29, 0.717) is 24.7 Å². The Morgan fingerprint density at radius 3 is 2.47 bits per heavy atom. The van der Waals surface area contributed by atoms with Crippen LogP contribution in [0.15, 0.2) is 18.2 Å². The summed E-state index contributed by atoms with van der Waals surface area (Å²) in [5, 5.41) is 9.17. The van der Waals surface area contributed by atoms with E-state index in [1.807, 2.05) is 32.0 Å². The Balaban J connectivity index is 2.88. The van der Waals surface area contributed by atoms with Crippen molar-refractivity contribution in [2.75, 3.05) is 27.4 Å². The molecule has 4 nitrogen and oxygen atoms in total. The second-order valence-corrected chi connectivity index (χ2v) is 4.80. The summed E-state index contributed by atoms with van der Waals surface area (Å²) in [6.07, 6.45) is 0.811. The van der Waals surface area contributed by atoms with Crippen LogP contribution in [-0.2, 0) is 10.2 Å². The van der Waals surface area contributed by atoms with E-state index in [0.717, 1.165) is 12.0 Å². The van der Waals surface area contributed by atoms with Crippen LogP contribution in [0, 0.1) is 11.3 Å². The number of methoxy groups -OCH3 is 2. The van der Waals surface area contributed by atoms with Gasteiger partial charge in [0.15, 0.2) is 11.5 Å². The van der Waals surface area contributed by atoms with Crippen molar-refractivity contribution in [3.05, 3.63) is 23.8 Å². The molecule has 0 aliphatic carbocycles. The lowest BCUT2D eigenvalue weighted by Gasteiger charge is -2.18. The zero-order valence-electron chi connectivity index (χ0n) is 12.0. The fourth-order valence-corrected chi connectivity index (χ4v) is 1.63. The first-order valence-electron chi connectivity index (χ1n) is 6.26. The summed E-state index contributed by atoms with van der Waals surface area (Å²) >= 11 is 0. The first-order valence-corrected chi connectivity index (χ1v) is 6.26. The molecule has 0 heterocycles. The number of benzene rings is 1. The molecular weight excluding hydrogens is 242 g/mol. The Kier molecular flexibility index (Phi) is 5.65. The Morgan fingerprint density at radius 1 is 1.16 bits per heavy atom. The molecule has 0 radical (unpaired) electrons. The van der Waals surface area contributed by atoms with Crippen molar-refractivity contribution in [1.82, 2.24) is 0 Å². The molecule has 0 spiro atoms. The second kappa shape index (κ2) is 7.01. The van der Waals surface area contributed by atoms with Crippen LogP contribution >= 0.6 is 0 Å². The molecule has 19 heavy (non-hydrogen) atoms. The minimum Gasteiger partial charge on any atom is -0.493 e. The molecule has 0 saturated heterocycles. The first-order chi connectivity index (χ1) is 9.05. The lowest BCUT2D eigenvalue weighted by atomic mass is 9.86. The number of ether oxygens (including phenoxy) is 3. The highest BCUT2D eigenvalue weighted by atomic mass is 16.5. The van der Waals surface area contributed by atoms with Gasteiger partial charge in [0, 0.05) is 20.1 Å². The third kappa shape index (κ3) is 4.15. The summed E-state index contributed by atoms with van der Waals surface area (Å²) in [6, 6.07) is 7.88. The van der Waals surface area contributed by atoms with Gasteiger partial charge in [-0.15, -0.1) is 0 Å². The predicted molar refractivity (Wildman–Crippen MR) is 73.6 cm³/mol. The second-order valence-electron chi connectivity index (χ2n) is 4.80. The maximum atomic E-state index is 9.17. The summed E-state index contributed by atoms with van der Waals surface area (Å²) in [7, 11) is 3.27. The van der Waals surface area contributed by atoms with Crippen molar-refractivity contribution in [3.63, 3.8) is 0 Å². The van der Waals surface area contributed by atoms with Gasteiger partial charge >= 0.3 is 0 Å². The standard InChI is InChI=1S/C15H21NO3/c1-15(2,11-16)12-6-7-13(18-4)14(10-12)19-9-5-8-17-3/h6-7,10H,5,8-9H2,1-4H3. The Hall–Kier alpha value is -1.73.